The maximum Gasteiger partial charge on any atom is 0.412 e. The summed E-state index contributed by atoms with van der Waals surface area (Å²) in [5.41, 5.74) is 4.03. The van der Waals surface area contributed by atoms with Gasteiger partial charge in [0.1, 0.15) is 23.5 Å². The molecular weight excluding hydrogens is 520 g/mol. The monoisotopic (exact) mass is 547 g/mol. The lowest BCUT2D eigenvalue weighted by Gasteiger charge is -2.15. The number of Topliss-reactive ketones (excluding diaryl/α,β-unsaturated/α-hetero) is 1. The SMILES string of the molecule is COc1cc(-c2sc(F)cc2NC(=O)O[C@H](C)c2ccc(F)cc2)ccc1-c1ccc(C2(C(C)=O)CC2)cc1. The number of rotatable bonds is 8. The summed E-state index contributed by atoms with van der Waals surface area (Å²) in [4.78, 5) is 25.2. The van der Waals surface area contributed by atoms with Crippen LogP contribution in [0, 0.1) is 10.9 Å². The lowest BCUT2D eigenvalue weighted by atomic mass is 9.90. The van der Waals surface area contributed by atoms with Gasteiger partial charge in [-0.2, -0.15) is 4.39 Å². The Labute approximate surface area is 229 Å². The van der Waals surface area contributed by atoms with Crippen LogP contribution in [-0.4, -0.2) is 19.0 Å². The van der Waals surface area contributed by atoms with E-state index in [1.54, 1.807) is 27.0 Å². The van der Waals surface area contributed by atoms with Crippen LogP contribution in [0.2, 0.25) is 0 Å². The first-order valence-electron chi connectivity index (χ1n) is 12.5. The van der Waals surface area contributed by atoms with Gasteiger partial charge < -0.3 is 9.47 Å². The van der Waals surface area contributed by atoms with Crippen molar-refractivity contribution in [3.63, 3.8) is 0 Å². The number of carbonyl (C=O) groups excluding carboxylic acids is 2. The van der Waals surface area contributed by atoms with Gasteiger partial charge >= 0.3 is 6.09 Å². The molecular formula is C31H27F2NO4S. The number of carbonyl (C=O) groups is 2. The fraction of sp³-hybridized carbons (Fsp3) is 0.226. The van der Waals surface area contributed by atoms with Gasteiger partial charge in [-0.15, -0.1) is 11.3 Å². The predicted octanol–water partition coefficient (Wildman–Crippen LogP) is 8.30. The van der Waals surface area contributed by atoms with Gasteiger partial charge in [0.05, 0.1) is 23.1 Å². The van der Waals surface area contributed by atoms with E-state index in [0.29, 0.717) is 21.8 Å². The molecule has 1 fully saturated rings. The highest BCUT2D eigenvalue weighted by molar-refractivity contribution is 7.14. The first-order chi connectivity index (χ1) is 18.7. The maximum atomic E-state index is 14.3. The minimum Gasteiger partial charge on any atom is -0.496 e. The number of ether oxygens (including phenoxy) is 2. The highest BCUT2D eigenvalue weighted by Gasteiger charge is 2.48. The fourth-order valence-corrected chi connectivity index (χ4v) is 5.62. The average molecular weight is 548 g/mol. The number of methoxy groups -OCH3 is 1. The molecule has 1 aliphatic carbocycles. The van der Waals surface area contributed by atoms with Gasteiger partial charge in [-0.3, -0.25) is 10.1 Å². The van der Waals surface area contributed by atoms with Gasteiger partial charge in [0.25, 0.3) is 0 Å². The largest absolute Gasteiger partial charge is 0.496 e. The second-order valence-corrected chi connectivity index (χ2v) is 10.7. The third-order valence-electron chi connectivity index (χ3n) is 7.20. The molecule has 39 heavy (non-hydrogen) atoms. The van der Waals surface area contributed by atoms with Crippen molar-refractivity contribution in [3.05, 3.63) is 94.9 Å². The number of thiophene rings is 1. The molecule has 3 aromatic carbocycles. The Hall–Kier alpha value is -4.04. The minimum absolute atomic E-state index is 0.193. The third kappa shape index (κ3) is 5.43. The lowest BCUT2D eigenvalue weighted by Crippen LogP contribution is -2.16. The van der Waals surface area contributed by atoms with Gasteiger partial charge in [0.15, 0.2) is 5.13 Å². The van der Waals surface area contributed by atoms with Gasteiger partial charge in [0, 0.05) is 11.6 Å². The summed E-state index contributed by atoms with van der Waals surface area (Å²) in [6.07, 6.45) is 0.375. The number of anilines is 1. The summed E-state index contributed by atoms with van der Waals surface area (Å²) < 4.78 is 38.6. The molecule has 4 aromatic rings. The minimum atomic E-state index is -0.756. The zero-order chi connectivity index (χ0) is 27.7. The van der Waals surface area contributed by atoms with E-state index in [4.69, 9.17) is 9.47 Å². The average Bonchev–Trinajstić information content (AvgIpc) is 3.66. The standard InChI is InChI=1S/C31H27F2NO4S/c1-18(20-6-11-24(32)12-7-20)38-30(36)34-26-17-28(33)39-29(26)22-8-13-25(27(16-22)37-3)21-4-9-23(10-5-21)31(14-15-31)19(2)35/h4-13,16-18H,14-15H2,1-3H3,(H,34,36)/t18-/m1/s1. The van der Waals surface area contributed by atoms with Crippen molar-refractivity contribution in [1.82, 2.24) is 0 Å². The number of benzene rings is 3. The van der Waals surface area contributed by atoms with Crippen molar-refractivity contribution in [2.45, 2.75) is 38.2 Å². The Kier molecular flexibility index (Phi) is 7.23. The molecule has 1 N–H and O–H groups in total. The molecule has 1 aliphatic rings. The lowest BCUT2D eigenvalue weighted by molar-refractivity contribution is -0.119. The van der Waals surface area contributed by atoms with E-state index >= 15 is 0 Å². The van der Waals surface area contributed by atoms with Crippen LogP contribution < -0.4 is 10.1 Å². The molecule has 0 unspecified atom stereocenters. The molecule has 1 heterocycles. The molecule has 0 saturated heterocycles. The van der Waals surface area contributed by atoms with Gasteiger partial charge in [-0.25, -0.2) is 9.18 Å². The van der Waals surface area contributed by atoms with E-state index in [0.717, 1.165) is 40.9 Å². The second kappa shape index (κ2) is 10.6. The van der Waals surface area contributed by atoms with E-state index in [-0.39, 0.29) is 22.7 Å². The van der Waals surface area contributed by atoms with E-state index in [1.807, 2.05) is 36.4 Å². The van der Waals surface area contributed by atoms with E-state index in [2.05, 4.69) is 5.32 Å². The van der Waals surface area contributed by atoms with Crippen molar-refractivity contribution in [3.8, 4) is 27.3 Å². The third-order valence-corrected chi connectivity index (χ3v) is 8.17. The number of amides is 1. The van der Waals surface area contributed by atoms with Crippen molar-refractivity contribution in [1.29, 1.82) is 0 Å². The quantitative estimate of drug-likeness (QED) is 0.241. The zero-order valence-electron chi connectivity index (χ0n) is 21.7. The Balaban J connectivity index is 1.36. The Morgan fingerprint density at radius 3 is 2.23 bits per heavy atom. The van der Waals surface area contributed by atoms with Crippen molar-refractivity contribution in [2.75, 3.05) is 12.4 Å². The summed E-state index contributed by atoms with van der Waals surface area (Å²) in [6.45, 7) is 3.31. The van der Waals surface area contributed by atoms with Crippen LogP contribution in [0.3, 0.4) is 0 Å². The predicted molar refractivity (Wildman–Crippen MR) is 148 cm³/mol. The molecule has 5 rings (SSSR count). The van der Waals surface area contributed by atoms with Crippen LogP contribution >= 0.6 is 11.3 Å². The van der Waals surface area contributed by atoms with Crippen molar-refractivity contribution in [2.24, 2.45) is 0 Å². The normalized spacial score (nSPS) is 14.4. The number of ketones is 1. The van der Waals surface area contributed by atoms with Gasteiger partial charge in [-0.05, 0) is 67.1 Å². The van der Waals surface area contributed by atoms with Gasteiger partial charge in [0.2, 0.25) is 0 Å². The molecule has 1 aromatic heterocycles. The zero-order valence-corrected chi connectivity index (χ0v) is 22.5. The maximum absolute atomic E-state index is 14.3. The van der Waals surface area contributed by atoms with Crippen molar-refractivity contribution >= 4 is 28.9 Å². The molecule has 1 atom stereocenters. The Morgan fingerprint density at radius 2 is 1.62 bits per heavy atom. The molecule has 0 radical (unpaired) electrons. The number of hydrogen-bond acceptors (Lipinski definition) is 5. The first kappa shape index (κ1) is 26.6. The molecule has 0 spiro atoms. The molecule has 8 heteroatoms. The number of halogens is 2. The summed E-state index contributed by atoms with van der Waals surface area (Å²) in [7, 11) is 1.56. The molecule has 1 amide bonds. The summed E-state index contributed by atoms with van der Waals surface area (Å²) in [6, 6.07) is 20.4. The first-order valence-corrected chi connectivity index (χ1v) is 13.3. The molecule has 5 nitrogen and oxygen atoms in total. The Bertz CT molecular complexity index is 1530. The molecule has 0 aliphatic heterocycles. The van der Waals surface area contributed by atoms with E-state index < -0.39 is 17.3 Å². The van der Waals surface area contributed by atoms with E-state index in [1.165, 1.54) is 30.3 Å². The number of hydrogen-bond donors (Lipinski definition) is 1. The van der Waals surface area contributed by atoms with Crippen LogP contribution in [0.1, 0.15) is 43.9 Å². The molecule has 0 bridgehead atoms. The van der Waals surface area contributed by atoms with Crippen LogP contribution in [0.25, 0.3) is 21.6 Å². The molecule has 200 valence electrons. The Morgan fingerprint density at radius 1 is 0.949 bits per heavy atom. The van der Waals surface area contributed by atoms with E-state index in [9.17, 15) is 18.4 Å². The second-order valence-electron chi connectivity index (χ2n) is 9.65. The van der Waals surface area contributed by atoms with Crippen LogP contribution in [-0.2, 0) is 14.9 Å². The highest BCUT2D eigenvalue weighted by Crippen LogP contribution is 2.49. The summed E-state index contributed by atoms with van der Waals surface area (Å²) >= 11 is 0.895. The summed E-state index contributed by atoms with van der Waals surface area (Å²) in [5, 5.41) is 2.16. The highest BCUT2D eigenvalue weighted by atomic mass is 32.1. The topological polar surface area (TPSA) is 64.6 Å². The summed E-state index contributed by atoms with van der Waals surface area (Å²) in [5.74, 6) is 0.394. The molecule has 1 saturated carbocycles. The number of nitrogens with one attached hydrogen (secondary N) is 1. The van der Waals surface area contributed by atoms with Crippen LogP contribution in [0.15, 0.2) is 72.8 Å². The smallest absolute Gasteiger partial charge is 0.412 e. The van der Waals surface area contributed by atoms with Crippen LogP contribution in [0.4, 0.5) is 19.3 Å². The van der Waals surface area contributed by atoms with Crippen LogP contribution in [0.5, 0.6) is 5.75 Å². The van der Waals surface area contributed by atoms with Crippen molar-refractivity contribution < 1.29 is 27.8 Å². The fourth-order valence-electron chi connectivity index (χ4n) is 4.78. The van der Waals surface area contributed by atoms with Gasteiger partial charge in [-0.1, -0.05) is 48.5 Å².